The maximum absolute atomic E-state index is 12.2. The Bertz CT molecular complexity index is 694. The molecule has 1 heterocycles. The van der Waals surface area contributed by atoms with Crippen LogP contribution in [0, 0.1) is 5.92 Å². The van der Waals surface area contributed by atoms with E-state index in [1.807, 2.05) is 37.3 Å². The van der Waals surface area contributed by atoms with Crippen molar-refractivity contribution < 1.29 is 32.3 Å². The molecule has 2 rings (SSSR count). The molecule has 0 amide bonds. The molecular weight excluding hydrogens is 677 g/mol. The molecule has 0 saturated heterocycles. The molecular formula is C17H20I3N2O4-. The summed E-state index contributed by atoms with van der Waals surface area (Å²) in [6.07, 6.45) is 3.06. The molecule has 0 fully saturated rings. The van der Waals surface area contributed by atoms with Gasteiger partial charge >= 0.3 is 62.4 Å². The summed E-state index contributed by atoms with van der Waals surface area (Å²) >= 11 is 5.30. The molecule has 1 aromatic heterocycles. The molecule has 0 spiro atoms. The second-order valence-corrected chi connectivity index (χ2v) is 21.6. The van der Waals surface area contributed by atoms with Crippen LogP contribution in [0.3, 0.4) is 0 Å². The van der Waals surface area contributed by atoms with Crippen LogP contribution < -0.4 is 13.3 Å². The van der Waals surface area contributed by atoms with Crippen molar-refractivity contribution in [3.8, 4) is 0 Å². The van der Waals surface area contributed by atoms with Gasteiger partial charge in [0.25, 0.3) is 0 Å². The van der Waals surface area contributed by atoms with Gasteiger partial charge in [0.2, 0.25) is 0 Å². The first-order valence-corrected chi connectivity index (χ1v) is 20.2. The predicted molar refractivity (Wildman–Crippen MR) is 112 cm³/mol. The van der Waals surface area contributed by atoms with Crippen LogP contribution in [-0.4, -0.2) is 35.2 Å². The van der Waals surface area contributed by atoms with Crippen molar-refractivity contribution in [3.63, 3.8) is 0 Å². The topological polar surface area (TPSA) is 70.4 Å². The summed E-state index contributed by atoms with van der Waals surface area (Å²) in [6.45, 7) is 3.59. The molecule has 0 aliphatic rings. The van der Waals surface area contributed by atoms with Crippen LogP contribution in [0.25, 0.3) is 0 Å². The number of carbonyl (C=O) groups is 2. The molecule has 26 heavy (non-hydrogen) atoms. The Kier molecular flexibility index (Phi) is 11.7. The molecule has 0 aliphatic carbocycles. The van der Waals surface area contributed by atoms with Crippen molar-refractivity contribution in [1.29, 1.82) is 0 Å². The average Bonchev–Trinajstić information content (AvgIpc) is 3.15. The second kappa shape index (κ2) is 12.9. The van der Waals surface area contributed by atoms with E-state index in [1.54, 1.807) is 17.8 Å². The first kappa shape index (κ1) is 23.6. The van der Waals surface area contributed by atoms with E-state index in [0.29, 0.717) is 18.9 Å². The number of halogens is 3. The van der Waals surface area contributed by atoms with Crippen LogP contribution in [0.2, 0.25) is 0 Å². The van der Waals surface area contributed by atoms with E-state index < -0.39 is 17.9 Å². The van der Waals surface area contributed by atoms with Crippen LogP contribution >= 0.6 is 37.2 Å². The normalized spacial score (nSPS) is 12.5. The number of methoxy groups -OCH3 is 1. The van der Waals surface area contributed by atoms with Crippen molar-refractivity contribution in [2.75, 3.05) is 13.7 Å². The van der Waals surface area contributed by atoms with Crippen molar-refractivity contribution in [1.82, 2.24) is 9.55 Å². The van der Waals surface area contributed by atoms with Gasteiger partial charge in [0, 0.05) is 0 Å². The number of hydrogen-bond acceptors (Lipinski definition) is 5. The third-order valence-electron chi connectivity index (χ3n) is 3.64. The molecule has 6 nitrogen and oxygen atoms in total. The molecule has 0 saturated carbocycles. The Balaban J connectivity index is 0.00000105. The Labute approximate surface area is 183 Å². The molecule has 0 bridgehead atoms. The molecule has 144 valence electrons. The monoisotopic (exact) mass is 697 g/mol. The second-order valence-electron chi connectivity index (χ2n) is 5.35. The summed E-state index contributed by atoms with van der Waals surface area (Å²) in [5.74, 6) is -1.43. The summed E-state index contributed by atoms with van der Waals surface area (Å²) in [7, 11) is 1.30. The standard InChI is InChI=1S/C17H20N2O4.I3/c1-12(16(20)22-3)10-23-17(21)15-9-18-11-19(15)13(2)14-7-5-4-6-8-14;1-3-2/h4-9,11-13H,10H2,1-3H3;/q;-1/t12-,13+;/m0./s1. The summed E-state index contributed by atoms with van der Waals surface area (Å²) in [4.78, 5) is 27.6. The molecule has 2 atom stereocenters. The molecule has 0 radical (unpaired) electrons. The number of imidazole rings is 1. The van der Waals surface area contributed by atoms with Gasteiger partial charge in [0.1, 0.15) is 12.3 Å². The molecule has 1 aromatic carbocycles. The number of carbonyl (C=O) groups excluding carboxylic acids is 2. The number of esters is 2. The number of rotatable bonds is 6. The third-order valence-corrected chi connectivity index (χ3v) is 3.64. The minimum atomic E-state index is -0.513. The van der Waals surface area contributed by atoms with E-state index in [-0.39, 0.29) is 12.6 Å². The zero-order valence-corrected chi connectivity index (χ0v) is 21.0. The first-order valence-electron chi connectivity index (χ1n) is 7.65. The van der Waals surface area contributed by atoms with Gasteiger partial charge in [-0.05, 0) is 19.4 Å². The van der Waals surface area contributed by atoms with Gasteiger partial charge in [-0.2, -0.15) is 0 Å². The van der Waals surface area contributed by atoms with Gasteiger partial charge in [-0.1, -0.05) is 30.3 Å². The van der Waals surface area contributed by atoms with Gasteiger partial charge in [-0.25, -0.2) is 9.78 Å². The van der Waals surface area contributed by atoms with E-state index in [1.165, 1.54) is 13.3 Å². The van der Waals surface area contributed by atoms with Gasteiger partial charge < -0.3 is 14.0 Å². The molecule has 0 N–H and O–H groups in total. The van der Waals surface area contributed by atoms with Gasteiger partial charge in [-0.15, -0.1) is 0 Å². The number of aromatic nitrogens is 2. The van der Waals surface area contributed by atoms with Gasteiger partial charge in [-0.3, -0.25) is 4.79 Å². The Morgan fingerprint density at radius 2 is 1.85 bits per heavy atom. The first-order chi connectivity index (χ1) is 12.5. The van der Waals surface area contributed by atoms with Gasteiger partial charge in [0.05, 0.1) is 31.6 Å². The Hall–Kier alpha value is -0.440. The number of nitrogens with zero attached hydrogens (tertiary/aromatic N) is 2. The summed E-state index contributed by atoms with van der Waals surface area (Å²) in [6, 6.07) is 9.74. The van der Waals surface area contributed by atoms with Crippen molar-refractivity contribution in [2.45, 2.75) is 19.9 Å². The third kappa shape index (κ3) is 7.29. The Morgan fingerprint density at radius 1 is 1.23 bits per heavy atom. The fourth-order valence-electron chi connectivity index (χ4n) is 2.21. The number of benzene rings is 1. The molecule has 2 aromatic rings. The summed E-state index contributed by atoms with van der Waals surface area (Å²) in [5, 5.41) is 0. The zero-order valence-electron chi connectivity index (χ0n) is 14.6. The van der Waals surface area contributed by atoms with Crippen LogP contribution in [0.15, 0.2) is 42.9 Å². The van der Waals surface area contributed by atoms with Crippen molar-refractivity contribution >= 4 is 49.2 Å². The van der Waals surface area contributed by atoms with Crippen molar-refractivity contribution in [2.24, 2.45) is 5.92 Å². The fourth-order valence-corrected chi connectivity index (χ4v) is 2.21. The summed E-state index contributed by atoms with van der Waals surface area (Å²) in [5.41, 5.74) is 1.40. The van der Waals surface area contributed by atoms with Gasteiger partial charge in [0.15, 0.2) is 0 Å². The van der Waals surface area contributed by atoms with Crippen LogP contribution in [0.5, 0.6) is 0 Å². The molecule has 0 aliphatic heterocycles. The molecule has 9 heteroatoms. The van der Waals surface area contributed by atoms with Crippen LogP contribution in [0.4, 0.5) is 0 Å². The number of hydrogen-bond donors (Lipinski definition) is 0. The molecule has 0 unspecified atom stereocenters. The van der Waals surface area contributed by atoms with Crippen LogP contribution in [-0.2, 0) is 14.3 Å². The van der Waals surface area contributed by atoms with E-state index in [2.05, 4.69) is 47.0 Å². The quantitative estimate of drug-likeness (QED) is 0.336. The maximum atomic E-state index is 12.2. The average molecular weight is 697 g/mol. The Morgan fingerprint density at radius 3 is 2.42 bits per heavy atom. The number of ether oxygens (including phenoxy) is 2. The predicted octanol–water partition coefficient (Wildman–Crippen LogP) is 1.23. The van der Waals surface area contributed by atoms with E-state index in [4.69, 9.17) is 4.74 Å². The fraction of sp³-hybridized carbons (Fsp3) is 0.353. The zero-order chi connectivity index (χ0) is 19.5. The van der Waals surface area contributed by atoms with E-state index in [9.17, 15) is 9.59 Å². The van der Waals surface area contributed by atoms with E-state index in [0.717, 1.165) is 5.56 Å². The van der Waals surface area contributed by atoms with E-state index >= 15 is 0 Å². The van der Waals surface area contributed by atoms with Crippen LogP contribution in [0.1, 0.15) is 35.9 Å². The van der Waals surface area contributed by atoms with Crippen molar-refractivity contribution in [3.05, 3.63) is 54.1 Å². The minimum absolute atomic E-state index is 0.0313. The SMILES string of the molecule is COC(=O)[C@@H](C)COC(=O)c1cncn1[C@H](C)c1ccccc1.I[I-]I. The summed E-state index contributed by atoms with van der Waals surface area (Å²) < 4.78 is 11.6.